The SMILES string of the molecule is O=c1oc(-c2ccccc2N[S@@](=O)c2ccc3ccccc3c2)nc2ccccc12. The van der Waals surface area contributed by atoms with Crippen LogP contribution in [0, 0.1) is 0 Å². The van der Waals surface area contributed by atoms with Gasteiger partial charge in [0.25, 0.3) is 0 Å². The van der Waals surface area contributed by atoms with Gasteiger partial charge >= 0.3 is 5.63 Å². The highest BCUT2D eigenvalue weighted by atomic mass is 32.2. The Morgan fingerprint density at radius 2 is 1.53 bits per heavy atom. The first-order chi connectivity index (χ1) is 14.7. The van der Waals surface area contributed by atoms with Crippen LogP contribution in [0.2, 0.25) is 0 Å². The number of hydrogen-bond acceptors (Lipinski definition) is 4. The summed E-state index contributed by atoms with van der Waals surface area (Å²) in [7, 11) is -1.50. The summed E-state index contributed by atoms with van der Waals surface area (Å²) < 4.78 is 21.5. The van der Waals surface area contributed by atoms with Crippen LogP contribution in [0.1, 0.15) is 0 Å². The monoisotopic (exact) mass is 412 g/mol. The fourth-order valence-electron chi connectivity index (χ4n) is 3.33. The fourth-order valence-corrected chi connectivity index (χ4v) is 4.26. The van der Waals surface area contributed by atoms with Crippen LogP contribution in [0.4, 0.5) is 5.69 Å². The molecule has 0 aliphatic carbocycles. The topological polar surface area (TPSA) is 72.2 Å². The Bertz CT molecular complexity index is 1480. The van der Waals surface area contributed by atoms with Gasteiger partial charge in [0.05, 0.1) is 27.0 Å². The van der Waals surface area contributed by atoms with Crippen LogP contribution < -0.4 is 10.3 Å². The zero-order chi connectivity index (χ0) is 20.5. The first-order valence-corrected chi connectivity index (χ1v) is 10.5. The van der Waals surface area contributed by atoms with Crippen LogP contribution in [0.5, 0.6) is 0 Å². The van der Waals surface area contributed by atoms with Crippen molar-refractivity contribution < 1.29 is 8.63 Å². The Hall–Kier alpha value is -3.77. The average molecular weight is 412 g/mol. The lowest BCUT2D eigenvalue weighted by atomic mass is 10.1. The second-order valence-electron chi connectivity index (χ2n) is 6.75. The fraction of sp³-hybridized carbons (Fsp3) is 0. The van der Waals surface area contributed by atoms with E-state index in [9.17, 15) is 9.00 Å². The zero-order valence-electron chi connectivity index (χ0n) is 15.7. The molecule has 0 fully saturated rings. The molecule has 0 spiro atoms. The predicted octanol–water partition coefficient (Wildman–Crippen LogP) is 5.14. The lowest BCUT2D eigenvalue weighted by Gasteiger charge is -2.11. The van der Waals surface area contributed by atoms with Gasteiger partial charge in [0.15, 0.2) is 0 Å². The molecule has 146 valence electrons. The van der Waals surface area contributed by atoms with Gasteiger partial charge < -0.3 is 9.14 Å². The molecule has 0 saturated carbocycles. The molecule has 0 unspecified atom stereocenters. The van der Waals surface area contributed by atoms with Crippen molar-refractivity contribution in [3.8, 4) is 11.5 Å². The highest BCUT2D eigenvalue weighted by Crippen LogP contribution is 2.28. The van der Waals surface area contributed by atoms with E-state index in [1.807, 2.05) is 60.7 Å². The quantitative estimate of drug-likeness (QED) is 0.443. The molecule has 1 atom stereocenters. The molecule has 5 nitrogen and oxygen atoms in total. The molecule has 6 heteroatoms. The summed E-state index contributed by atoms with van der Waals surface area (Å²) in [6.45, 7) is 0. The lowest BCUT2D eigenvalue weighted by Crippen LogP contribution is -2.07. The van der Waals surface area contributed by atoms with E-state index in [0.717, 1.165) is 10.8 Å². The number of rotatable bonds is 4. The molecule has 5 aromatic rings. The van der Waals surface area contributed by atoms with Gasteiger partial charge in [-0.05, 0) is 47.2 Å². The van der Waals surface area contributed by atoms with E-state index in [2.05, 4.69) is 9.71 Å². The minimum atomic E-state index is -1.50. The number of anilines is 1. The van der Waals surface area contributed by atoms with E-state index < -0.39 is 16.6 Å². The molecule has 0 amide bonds. The first-order valence-electron chi connectivity index (χ1n) is 9.35. The molecule has 0 aliphatic rings. The average Bonchev–Trinajstić information content (AvgIpc) is 2.79. The Labute approximate surface area is 174 Å². The summed E-state index contributed by atoms with van der Waals surface area (Å²) in [4.78, 5) is 17.5. The molecular weight excluding hydrogens is 396 g/mol. The van der Waals surface area contributed by atoms with Gasteiger partial charge in [0.2, 0.25) is 5.89 Å². The summed E-state index contributed by atoms with van der Waals surface area (Å²) in [5.41, 5.74) is 1.22. The maximum absolute atomic E-state index is 13.0. The Balaban J connectivity index is 1.53. The minimum absolute atomic E-state index is 0.178. The Morgan fingerprint density at radius 1 is 0.800 bits per heavy atom. The van der Waals surface area contributed by atoms with Crippen LogP contribution in [0.3, 0.4) is 0 Å². The van der Waals surface area contributed by atoms with Crippen LogP contribution in [-0.2, 0) is 11.0 Å². The molecular formula is C24H16N2O3S. The number of para-hydroxylation sites is 2. The van der Waals surface area contributed by atoms with Crippen LogP contribution in [-0.4, -0.2) is 9.19 Å². The number of aromatic nitrogens is 1. The van der Waals surface area contributed by atoms with Crippen molar-refractivity contribution in [1.29, 1.82) is 0 Å². The molecule has 1 N–H and O–H groups in total. The summed E-state index contributed by atoms with van der Waals surface area (Å²) in [6.07, 6.45) is 0. The largest absolute Gasteiger partial charge is 0.403 e. The third-order valence-electron chi connectivity index (χ3n) is 4.83. The molecule has 0 saturated heterocycles. The minimum Gasteiger partial charge on any atom is -0.403 e. The molecule has 30 heavy (non-hydrogen) atoms. The summed E-state index contributed by atoms with van der Waals surface area (Å²) in [5.74, 6) is 0.178. The van der Waals surface area contributed by atoms with E-state index in [1.165, 1.54) is 0 Å². The number of benzene rings is 4. The third-order valence-corrected chi connectivity index (χ3v) is 5.92. The van der Waals surface area contributed by atoms with Gasteiger partial charge in [-0.1, -0.05) is 54.6 Å². The molecule has 0 aliphatic heterocycles. The van der Waals surface area contributed by atoms with Gasteiger partial charge in [0, 0.05) is 0 Å². The van der Waals surface area contributed by atoms with E-state index in [4.69, 9.17) is 4.42 Å². The summed E-state index contributed by atoms with van der Waals surface area (Å²) in [6, 6.07) is 27.8. The smallest absolute Gasteiger partial charge is 0.347 e. The number of nitrogens with one attached hydrogen (secondary N) is 1. The third kappa shape index (κ3) is 3.38. The van der Waals surface area contributed by atoms with E-state index in [0.29, 0.717) is 27.0 Å². The van der Waals surface area contributed by atoms with Crippen LogP contribution >= 0.6 is 0 Å². The number of fused-ring (bicyclic) bond motifs is 2. The Morgan fingerprint density at radius 3 is 2.43 bits per heavy atom. The van der Waals surface area contributed by atoms with Crippen molar-refractivity contribution in [2.24, 2.45) is 0 Å². The zero-order valence-corrected chi connectivity index (χ0v) is 16.6. The molecule has 1 aromatic heterocycles. The van der Waals surface area contributed by atoms with Gasteiger partial charge in [-0.3, -0.25) is 0 Å². The van der Waals surface area contributed by atoms with Crippen molar-refractivity contribution in [1.82, 2.24) is 4.98 Å². The predicted molar refractivity (Wildman–Crippen MR) is 120 cm³/mol. The van der Waals surface area contributed by atoms with Gasteiger partial charge in [0.1, 0.15) is 11.0 Å². The Kier molecular flexibility index (Phi) is 4.61. The number of nitrogens with zero attached hydrogens (tertiary/aromatic N) is 1. The van der Waals surface area contributed by atoms with Crippen molar-refractivity contribution >= 4 is 38.3 Å². The number of hydrogen-bond donors (Lipinski definition) is 1. The maximum atomic E-state index is 13.0. The highest BCUT2D eigenvalue weighted by Gasteiger charge is 2.14. The molecule has 0 bridgehead atoms. The maximum Gasteiger partial charge on any atom is 0.347 e. The lowest BCUT2D eigenvalue weighted by molar-refractivity contribution is 0.518. The highest BCUT2D eigenvalue weighted by molar-refractivity contribution is 7.86. The summed E-state index contributed by atoms with van der Waals surface area (Å²) >= 11 is 0. The van der Waals surface area contributed by atoms with Crippen molar-refractivity contribution in [3.05, 3.63) is 101 Å². The van der Waals surface area contributed by atoms with Crippen molar-refractivity contribution in [2.45, 2.75) is 4.90 Å². The van der Waals surface area contributed by atoms with Crippen molar-refractivity contribution in [3.63, 3.8) is 0 Å². The van der Waals surface area contributed by atoms with Crippen LogP contribution in [0.25, 0.3) is 33.1 Å². The van der Waals surface area contributed by atoms with Crippen molar-refractivity contribution in [2.75, 3.05) is 4.72 Å². The van der Waals surface area contributed by atoms with E-state index >= 15 is 0 Å². The standard InChI is InChI=1S/C24H16N2O3S/c27-24-20-10-4-5-11-21(20)25-23(29-24)19-9-3-6-12-22(19)26-30(28)18-14-13-16-7-1-2-8-17(16)15-18/h1-15,26H/t30-/m0/s1. The molecule has 1 heterocycles. The second-order valence-corrected chi connectivity index (χ2v) is 7.96. The summed E-state index contributed by atoms with van der Waals surface area (Å²) in [5, 5.41) is 2.52. The van der Waals surface area contributed by atoms with Gasteiger partial charge in [-0.2, -0.15) is 0 Å². The second kappa shape index (κ2) is 7.57. The molecule has 4 aromatic carbocycles. The first kappa shape index (κ1) is 18.3. The molecule has 5 rings (SSSR count). The van der Waals surface area contributed by atoms with E-state index in [1.54, 1.807) is 30.3 Å². The normalized spacial score (nSPS) is 12.1. The van der Waals surface area contributed by atoms with Gasteiger partial charge in [-0.15, -0.1) is 0 Å². The van der Waals surface area contributed by atoms with E-state index in [-0.39, 0.29) is 5.89 Å². The molecule has 0 radical (unpaired) electrons. The van der Waals surface area contributed by atoms with Crippen LogP contribution in [0.15, 0.2) is 105 Å². The van der Waals surface area contributed by atoms with Gasteiger partial charge in [-0.25, -0.2) is 14.0 Å².